The molecule has 7 nitrogen and oxygen atoms in total. The summed E-state index contributed by atoms with van der Waals surface area (Å²) in [5.41, 5.74) is 4.65. The average molecular weight is 516 g/mol. The van der Waals surface area contributed by atoms with Crippen molar-refractivity contribution in [3.05, 3.63) is 110 Å². The van der Waals surface area contributed by atoms with Gasteiger partial charge in [-0.15, -0.1) is 0 Å². The van der Waals surface area contributed by atoms with E-state index in [1.807, 2.05) is 31.2 Å². The van der Waals surface area contributed by atoms with Crippen LogP contribution in [-0.2, 0) is 6.61 Å². The first kappa shape index (κ1) is 23.6. The predicted molar refractivity (Wildman–Crippen MR) is 139 cm³/mol. The van der Waals surface area contributed by atoms with E-state index in [0.717, 1.165) is 16.9 Å². The van der Waals surface area contributed by atoms with Crippen molar-refractivity contribution in [2.75, 3.05) is 0 Å². The number of aryl methyl sites for hydroxylation is 2. The van der Waals surface area contributed by atoms with Gasteiger partial charge in [-0.25, -0.2) is 9.67 Å². The van der Waals surface area contributed by atoms with Crippen LogP contribution < -0.4 is 10.3 Å². The summed E-state index contributed by atoms with van der Waals surface area (Å²) >= 11 is 12.2. The van der Waals surface area contributed by atoms with Crippen LogP contribution in [-0.4, -0.2) is 19.2 Å². The van der Waals surface area contributed by atoms with Crippen molar-refractivity contribution in [3.63, 3.8) is 0 Å². The standard InChI is InChI=1S/C27H19Cl2N5O2/c1-16-12-23(32-34(16)20-9-10-21(28)22(29)13-20)25-17(2)31-26-24(4-3-11-33(26)27(25)35)36-15-19-7-5-18(14-30)6-8-19/h3-13H,15H2,1-2H3. The maximum absolute atomic E-state index is 13.6. The van der Waals surface area contributed by atoms with Gasteiger partial charge < -0.3 is 4.74 Å². The van der Waals surface area contributed by atoms with Crippen LogP contribution in [0.4, 0.5) is 0 Å². The third-order valence-electron chi connectivity index (χ3n) is 5.77. The van der Waals surface area contributed by atoms with Gasteiger partial charge in [0, 0.05) is 11.9 Å². The van der Waals surface area contributed by atoms with Gasteiger partial charge in [0.15, 0.2) is 11.4 Å². The van der Waals surface area contributed by atoms with E-state index in [9.17, 15) is 4.79 Å². The number of aromatic nitrogens is 4. The first-order valence-corrected chi connectivity index (χ1v) is 11.8. The second-order valence-corrected chi connectivity index (χ2v) is 9.04. The van der Waals surface area contributed by atoms with Crippen LogP contribution in [0.15, 0.2) is 71.7 Å². The zero-order chi connectivity index (χ0) is 25.4. The number of pyridine rings is 1. The van der Waals surface area contributed by atoms with Gasteiger partial charge in [0.2, 0.25) is 0 Å². The molecule has 0 saturated heterocycles. The van der Waals surface area contributed by atoms with Crippen molar-refractivity contribution in [1.29, 1.82) is 5.26 Å². The topological polar surface area (TPSA) is 85.2 Å². The molecule has 0 spiro atoms. The number of benzene rings is 2. The van der Waals surface area contributed by atoms with Crippen molar-refractivity contribution in [2.24, 2.45) is 0 Å². The van der Waals surface area contributed by atoms with E-state index in [0.29, 0.717) is 44.0 Å². The average Bonchev–Trinajstić information content (AvgIpc) is 3.25. The normalized spacial score (nSPS) is 11.0. The lowest BCUT2D eigenvalue weighted by molar-refractivity contribution is 0.308. The molecule has 5 aromatic rings. The first-order valence-electron chi connectivity index (χ1n) is 11.0. The zero-order valence-corrected chi connectivity index (χ0v) is 20.9. The number of hydrogen-bond acceptors (Lipinski definition) is 5. The van der Waals surface area contributed by atoms with Gasteiger partial charge in [0.25, 0.3) is 5.56 Å². The molecule has 0 saturated carbocycles. The first-order chi connectivity index (χ1) is 17.4. The molecular weight excluding hydrogens is 497 g/mol. The molecule has 0 atom stereocenters. The molecule has 2 aromatic carbocycles. The number of ether oxygens (including phenoxy) is 1. The minimum Gasteiger partial charge on any atom is -0.485 e. The summed E-state index contributed by atoms with van der Waals surface area (Å²) in [5.74, 6) is 0.478. The molecule has 178 valence electrons. The largest absolute Gasteiger partial charge is 0.485 e. The van der Waals surface area contributed by atoms with E-state index in [1.54, 1.807) is 54.2 Å². The molecule has 0 aliphatic heterocycles. The molecule has 5 rings (SSSR count). The van der Waals surface area contributed by atoms with Crippen LogP contribution in [0, 0.1) is 25.2 Å². The lowest BCUT2D eigenvalue weighted by Crippen LogP contribution is -2.19. The Labute approximate surface area is 216 Å². The van der Waals surface area contributed by atoms with Gasteiger partial charge in [-0.05, 0) is 67.9 Å². The summed E-state index contributed by atoms with van der Waals surface area (Å²) in [6, 6.07) is 19.8. The monoisotopic (exact) mass is 515 g/mol. The molecule has 3 aromatic heterocycles. The second-order valence-electron chi connectivity index (χ2n) is 8.22. The van der Waals surface area contributed by atoms with Crippen molar-refractivity contribution >= 4 is 28.8 Å². The highest BCUT2D eigenvalue weighted by atomic mass is 35.5. The fraction of sp³-hybridized carbons (Fsp3) is 0.111. The Morgan fingerprint density at radius 2 is 1.81 bits per heavy atom. The third-order valence-corrected chi connectivity index (χ3v) is 6.51. The molecule has 0 radical (unpaired) electrons. The number of nitrogens with zero attached hydrogens (tertiary/aromatic N) is 5. The van der Waals surface area contributed by atoms with Crippen LogP contribution in [0.3, 0.4) is 0 Å². The lowest BCUT2D eigenvalue weighted by Gasteiger charge is -2.12. The zero-order valence-electron chi connectivity index (χ0n) is 19.4. The Hall–Kier alpha value is -4.12. The molecule has 0 amide bonds. The molecule has 3 heterocycles. The van der Waals surface area contributed by atoms with Crippen LogP contribution in [0.25, 0.3) is 22.6 Å². The maximum Gasteiger partial charge on any atom is 0.267 e. The number of rotatable bonds is 5. The number of halogens is 2. The van der Waals surface area contributed by atoms with Gasteiger partial charge >= 0.3 is 0 Å². The van der Waals surface area contributed by atoms with E-state index < -0.39 is 0 Å². The van der Waals surface area contributed by atoms with E-state index in [1.165, 1.54) is 4.40 Å². The number of nitriles is 1. The van der Waals surface area contributed by atoms with Crippen molar-refractivity contribution in [2.45, 2.75) is 20.5 Å². The summed E-state index contributed by atoms with van der Waals surface area (Å²) in [6.45, 7) is 3.95. The highest BCUT2D eigenvalue weighted by molar-refractivity contribution is 6.42. The molecule has 0 unspecified atom stereocenters. The predicted octanol–water partition coefficient (Wildman–Crippen LogP) is 5.92. The van der Waals surface area contributed by atoms with Gasteiger partial charge in [-0.2, -0.15) is 10.4 Å². The van der Waals surface area contributed by atoms with E-state index in [4.69, 9.17) is 38.2 Å². The highest BCUT2D eigenvalue weighted by Gasteiger charge is 2.18. The molecule has 0 bridgehead atoms. The van der Waals surface area contributed by atoms with E-state index in [2.05, 4.69) is 11.2 Å². The smallest absolute Gasteiger partial charge is 0.267 e. The Kier molecular flexibility index (Phi) is 6.23. The summed E-state index contributed by atoms with van der Waals surface area (Å²) < 4.78 is 9.16. The maximum atomic E-state index is 13.6. The van der Waals surface area contributed by atoms with Crippen molar-refractivity contribution < 1.29 is 4.74 Å². The van der Waals surface area contributed by atoms with Crippen LogP contribution in [0.5, 0.6) is 5.75 Å². The Morgan fingerprint density at radius 3 is 2.53 bits per heavy atom. The van der Waals surface area contributed by atoms with Crippen molar-refractivity contribution in [3.8, 4) is 28.8 Å². The summed E-state index contributed by atoms with van der Waals surface area (Å²) in [5, 5.41) is 14.5. The van der Waals surface area contributed by atoms with Gasteiger partial charge in [-0.3, -0.25) is 9.20 Å². The third kappa shape index (κ3) is 4.33. The lowest BCUT2D eigenvalue weighted by atomic mass is 10.1. The second kappa shape index (κ2) is 9.50. The van der Waals surface area contributed by atoms with E-state index >= 15 is 0 Å². The molecule has 0 fully saturated rings. The van der Waals surface area contributed by atoms with Crippen LogP contribution >= 0.6 is 23.2 Å². The highest BCUT2D eigenvalue weighted by Crippen LogP contribution is 2.27. The molecular formula is C27H19Cl2N5O2. The van der Waals surface area contributed by atoms with Crippen molar-refractivity contribution in [1.82, 2.24) is 19.2 Å². The molecule has 0 aliphatic rings. The Morgan fingerprint density at radius 1 is 1.03 bits per heavy atom. The quantitative estimate of drug-likeness (QED) is 0.290. The number of fused-ring (bicyclic) bond motifs is 1. The summed E-state index contributed by atoms with van der Waals surface area (Å²) in [4.78, 5) is 18.2. The fourth-order valence-corrected chi connectivity index (χ4v) is 4.25. The minimum absolute atomic E-state index is 0.250. The Balaban J connectivity index is 1.52. The summed E-state index contributed by atoms with van der Waals surface area (Å²) in [6.07, 6.45) is 1.66. The van der Waals surface area contributed by atoms with Gasteiger partial charge in [0.05, 0.1) is 38.6 Å². The van der Waals surface area contributed by atoms with Crippen LogP contribution in [0.1, 0.15) is 22.5 Å². The SMILES string of the molecule is Cc1nc2c(OCc3ccc(C#N)cc3)cccn2c(=O)c1-c1cc(C)n(-c2ccc(Cl)c(Cl)c2)n1. The summed E-state index contributed by atoms with van der Waals surface area (Å²) in [7, 11) is 0. The van der Waals surface area contributed by atoms with Crippen LogP contribution in [0.2, 0.25) is 10.0 Å². The van der Waals surface area contributed by atoms with Gasteiger partial charge in [-0.1, -0.05) is 35.3 Å². The number of hydrogen-bond donors (Lipinski definition) is 0. The fourth-order valence-electron chi connectivity index (χ4n) is 3.96. The Bertz CT molecular complexity index is 1720. The van der Waals surface area contributed by atoms with Gasteiger partial charge in [0.1, 0.15) is 12.3 Å². The van der Waals surface area contributed by atoms with E-state index in [-0.39, 0.29) is 12.2 Å². The molecule has 36 heavy (non-hydrogen) atoms. The minimum atomic E-state index is -0.250. The molecule has 0 aliphatic carbocycles. The molecule has 0 N–H and O–H groups in total. The molecule has 9 heteroatoms.